The molecule has 118 valence electrons. The normalized spacial score (nSPS) is 11.6. The third-order valence-electron chi connectivity index (χ3n) is 3.23. The van der Waals surface area contributed by atoms with Crippen molar-refractivity contribution in [2.45, 2.75) is 11.8 Å². The van der Waals surface area contributed by atoms with Crippen LogP contribution in [0.1, 0.15) is 5.82 Å². The summed E-state index contributed by atoms with van der Waals surface area (Å²) >= 11 is 3.40. The topological polar surface area (TPSA) is 90.9 Å². The van der Waals surface area contributed by atoms with E-state index in [1.54, 1.807) is 23.7 Å². The van der Waals surface area contributed by atoms with E-state index in [2.05, 4.69) is 26.0 Å². The molecule has 0 aliphatic carbocycles. The van der Waals surface area contributed by atoms with Gasteiger partial charge in [0, 0.05) is 10.0 Å². The molecule has 0 bridgehead atoms. The molecule has 0 atom stereocenters. The summed E-state index contributed by atoms with van der Waals surface area (Å²) in [4.78, 5) is 4.51. The Labute approximate surface area is 142 Å². The fourth-order valence-corrected chi connectivity index (χ4v) is 2.94. The number of halogens is 1. The van der Waals surface area contributed by atoms with Crippen LogP contribution in [0.4, 0.5) is 0 Å². The molecule has 0 amide bonds. The highest BCUT2D eigenvalue weighted by molar-refractivity contribution is 9.10. The number of aryl methyl sites for hydroxylation is 1. The van der Waals surface area contributed by atoms with Gasteiger partial charge in [-0.3, -0.25) is 0 Å². The Morgan fingerprint density at radius 2 is 1.65 bits per heavy atom. The molecule has 0 aliphatic heterocycles. The maximum atomic E-state index is 11.3. The van der Waals surface area contributed by atoms with Gasteiger partial charge in [0.05, 0.1) is 10.6 Å². The van der Waals surface area contributed by atoms with Crippen LogP contribution in [0.5, 0.6) is 0 Å². The van der Waals surface area contributed by atoms with E-state index in [0.717, 1.165) is 10.0 Å². The Morgan fingerprint density at radius 1 is 1.04 bits per heavy atom. The first-order chi connectivity index (χ1) is 10.8. The molecule has 0 aliphatic rings. The Kier molecular flexibility index (Phi) is 4.05. The van der Waals surface area contributed by atoms with Crippen LogP contribution in [0.2, 0.25) is 0 Å². The van der Waals surface area contributed by atoms with Gasteiger partial charge in [0.25, 0.3) is 0 Å². The second-order valence-electron chi connectivity index (χ2n) is 4.94. The van der Waals surface area contributed by atoms with E-state index in [9.17, 15) is 8.42 Å². The van der Waals surface area contributed by atoms with Crippen LogP contribution in [-0.2, 0) is 10.0 Å². The molecule has 6 nitrogen and oxygen atoms in total. The number of nitrogens with two attached hydrogens (primary N) is 1. The fraction of sp³-hybridized carbons (Fsp3) is 0.0667. The lowest BCUT2D eigenvalue weighted by atomic mass is 10.2. The first kappa shape index (κ1) is 15.9. The number of sulfonamides is 1. The number of hydrogen-bond acceptors (Lipinski definition) is 4. The molecule has 0 fully saturated rings. The monoisotopic (exact) mass is 392 g/mol. The molecule has 1 aromatic heterocycles. The van der Waals surface area contributed by atoms with Crippen LogP contribution in [0.15, 0.2) is 57.9 Å². The summed E-state index contributed by atoms with van der Waals surface area (Å²) in [5, 5.41) is 9.50. The largest absolute Gasteiger partial charge is 0.238 e. The van der Waals surface area contributed by atoms with Crippen molar-refractivity contribution >= 4 is 26.0 Å². The summed E-state index contributed by atoms with van der Waals surface area (Å²) in [7, 11) is -3.71. The minimum Gasteiger partial charge on any atom is -0.225 e. The van der Waals surface area contributed by atoms with Crippen LogP contribution in [0.3, 0.4) is 0 Å². The van der Waals surface area contributed by atoms with Crippen LogP contribution in [-0.4, -0.2) is 23.2 Å². The SMILES string of the molecule is Cc1nc(-c2ccc(Br)cc2)n(-c2ccc(S(N)(=O)=O)cc2)n1. The summed E-state index contributed by atoms with van der Waals surface area (Å²) < 4.78 is 25.3. The van der Waals surface area contributed by atoms with Gasteiger partial charge >= 0.3 is 0 Å². The minimum atomic E-state index is -3.71. The van der Waals surface area contributed by atoms with Crippen molar-refractivity contribution in [1.29, 1.82) is 0 Å². The minimum absolute atomic E-state index is 0.0586. The first-order valence-electron chi connectivity index (χ1n) is 6.67. The van der Waals surface area contributed by atoms with Crippen LogP contribution in [0.25, 0.3) is 17.1 Å². The number of nitrogens with zero attached hydrogens (tertiary/aromatic N) is 3. The van der Waals surface area contributed by atoms with Crippen molar-refractivity contribution in [2.24, 2.45) is 5.14 Å². The van der Waals surface area contributed by atoms with E-state index >= 15 is 0 Å². The number of aromatic nitrogens is 3. The molecular formula is C15H13BrN4O2S. The molecule has 0 saturated heterocycles. The first-order valence-corrected chi connectivity index (χ1v) is 9.01. The molecule has 23 heavy (non-hydrogen) atoms. The lowest BCUT2D eigenvalue weighted by Crippen LogP contribution is -2.12. The van der Waals surface area contributed by atoms with E-state index in [1.807, 2.05) is 24.3 Å². The Balaban J connectivity index is 2.09. The molecule has 3 aromatic rings. The van der Waals surface area contributed by atoms with Crippen molar-refractivity contribution in [1.82, 2.24) is 14.8 Å². The van der Waals surface area contributed by atoms with E-state index in [4.69, 9.17) is 5.14 Å². The van der Waals surface area contributed by atoms with Crippen molar-refractivity contribution in [3.05, 3.63) is 58.8 Å². The number of rotatable bonds is 3. The van der Waals surface area contributed by atoms with E-state index in [0.29, 0.717) is 17.3 Å². The molecule has 0 radical (unpaired) electrons. The molecule has 0 spiro atoms. The quantitative estimate of drug-likeness (QED) is 0.741. The summed E-state index contributed by atoms with van der Waals surface area (Å²) in [6, 6.07) is 13.9. The molecule has 3 rings (SSSR count). The van der Waals surface area contributed by atoms with Crippen molar-refractivity contribution < 1.29 is 8.42 Å². The molecule has 1 heterocycles. The van der Waals surface area contributed by atoms with Gasteiger partial charge in [0.1, 0.15) is 5.82 Å². The standard InChI is InChI=1S/C15H13BrN4O2S/c1-10-18-15(11-2-4-12(16)5-3-11)20(19-10)13-6-8-14(9-7-13)23(17,21)22/h2-9H,1H3,(H2,17,21,22). The lowest BCUT2D eigenvalue weighted by Gasteiger charge is -2.07. The highest BCUT2D eigenvalue weighted by atomic mass is 79.9. The Bertz CT molecular complexity index is 948. The second-order valence-corrected chi connectivity index (χ2v) is 7.42. The van der Waals surface area contributed by atoms with Crippen LogP contribution < -0.4 is 5.14 Å². The van der Waals surface area contributed by atoms with Gasteiger partial charge in [0.2, 0.25) is 10.0 Å². The van der Waals surface area contributed by atoms with Crippen LogP contribution in [0, 0.1) is 6.92 Å². The van der Waals surface area contributed by atoms with Gasteiger partial charge in [-0.15, -0.1) is 0 Å². The van der Waals surface area contributed by atoms with Gasteiger partial charge in [-0.25, -0.2) is 23.2 Å². The number of benzene rings is 2. The highest BCUT2D eigenvalue weighted by Gasteiger charge is 2.13. The van der Waals surface area contributed by atoms with E-state index in [1.165, 1.54) is 12.1 Å². The fourth-order valence-electron chi connectivity index (χ4n) is 2.16. The smallest absolute Gasteiger partial charge is 0.225 e. The zero-order valence-electron chi connectivity index (χ0n) is 12.1. The Morgan fingerprint density at radius 3 is 2.22 bits per heavy atom. The molecule has 2 N–H and O–H groups in total. The van der Waals surface area contributed by atoms with Crippen molar-refractivity contribution in [2.75, 3.05) is 0 Å². The predicted octanol–water partition coefficient (Wildman–Crippen LogP) is 2.65. The molecule has 0 unspecified atom stereocenters. The highest BCUT2D eigenvalue weighted by Crippen LogP contribution is 2.23. The van der Waals surface area contributed by atoms with Gasteiger partial charge < -0.3 is 0 Å². The summed E-state index contributed by atoms with van der Waals surface area (Å²) in [6.07, 6.45) is 0. The number of hydrogen-bond donors (Lipinski definition) is 1. The maximum absolute atomic E-state index is 11.3. The lowest BCUT2D eigenvalue weighted by molar-refractivity contribution is 0.598. The molecule has 0 saturated carbocycles. The van der Waals surface area contributed by atoms with Gasteiger partial charge in [-0.05, 0) is 43.3 Å². The maximum Gasteiger partial charge on any atom is 0.238 e. The van der Waals surface area contributed by atoms with Crippen molar-refractivity contribution in [3.63, 3.8) is 0 Å². The predicted molar refractivity (Wildman–Crippen MR) is 90.6 cm³/mol. The molecule has 8 heteroatoms. The zero-order chi connectivity index (χ0) is 16.6. The zero-order valence-corrected chi connectivity index (χ0v) is 14.5. The van der Waals surface area contributed by atoms with Crippen LogP contribution >= 0.6 is 15.9 Å². The van der Waals surface area contributed by atoms with Crippen molar-refractivity contribution in [3.8, 4) is 17.1 Å². The third-order valence-corrected chi connectivity index (χ3v) is 4.68. The summed E-state index contributed by atoms with van der Waals surface area (Å²) in [5.41, 5.74) is 1.61. The molecule has 2 aromatic carbocycles. The van der Waals surface area contributed by atoms with E-state index in [-0.39, 0.29) is 4.90 Å². The van der Waals surface area contributed by atoms with E-state index < -0.39 is 10.0 Å². The summed E-state index contributed by atoms with van der Waals surface area (Å²) in [6.45, 7) is 1.80. The Hall–Kier alpha value is -2.03. The van der Waals surface area contributed by atoms with Gasteiger partial charge in [0.15, 0.2) is 5.82 Å². The average Bonchev–Trinajstić information content (AvgIpc) is 2.89. The van der Waals surface area contributed by atoms with Gasteiger partial charge in [-0.1, -0.05) is 28.1 Å². The third kappa shape index (κ3) is 3.34. The average molecular weight is 393 g/mol. The van der Waals surface area contributed by atoms with Gasteiger partial charge in [-0.2, -0.15) is 5.10 Å². The molecular weight excluding hydrogens is 380 g/mol. The second kappa shape index (κ2) is 5.88. The summed E-state index contributed by atoms with van der Waals surface area (Å²) in [5.74, 6) is 1.30. The number of primary sulfonamides is 1.